The van der Waals surface area contributed by atoms with Crippen LogP contribution in [0.15, 0.2) is 39.0 Å². The fourth-order valence-electron chi connectivity index (χ4n) is 3.42. The van der Waals surface area contributed by atoms with E-state index in [1.165, 1.54) is 21.0 Å². The van der Waals surface area contributed by atoms with Crippen molar-refractivity contribution in [1.82, 2.24) is 34.0 Å². The molecule has 0 atom stereocenters. The number of nitrogens with one attached hydrogen (secondary N) is 1. The molecule has 0 saturated heterocycles. The number of aromatic nitrogens is 7. The summed E-state index contributed by atoms with van der Waals surface area (Å²) < 4.78 is 15.5. The molecule has 0 aliphatic carbocycles. The number of benzene rings is 1. The van der Waals surface area contributed by atoms with Gasteiger partial charge in [0.15, 0.2) is 17.0 Å². The number of thioether (sulfide) groups is 1. The lowest BCUT2D eigenvalue weighted by molar-refractivity contribution is 0.289. The van der Waals surface area contributed by atoms with Gasteiger partial charge in [-0.2, -0.15) is 0 Å². The predicted molar refractivity (Wildman–Crippen MR) is 128 cm³/mol. The van der Waals surface area contributed by atoms with E-state index in [1.54, 1.807) is 24.8 Å². The van der Waals surface area contributed by atoms with E-state index in [0.29, 0.717) is 51.8 Å². The zero-order valence-electron chi connectivity index (χ0n) is 19.1. The Bertz CT molecular complexity index is 1420. The summed E-state index contributed by atoms with van der Waals surface area (Å²) in [6.45, 7) is 2.65. The number of methoxy groups -OCH3 is 1. The average Bonchev–Trinajstić information content (AvgIpc) is 3.35. The van der Waals surface area contributed by atoms with E-state index in [-0.39, 0.29) is 6.61 Å². The number of H-pyrrole nitrogens is 1. The minimum absolute atomic E-state index is 0.128. The van der Waals surface area contributed by atoms with Gasteiger partial charge in [0.1, 0.15) is 23.9 Å². The Hall–Kier alpha value is -3.74. The minimum atomic E-state index is -0.460. The second-order valence-electron chi connectivity index (χ2n) is 7.55. The molecular weight excluding hydrogens is 460 g/mol. The van der Waals surface area contributed by atoms with Gasteiger partial charge in [0, 0.05) is 19.7 Å². The summed E-state index contributed by atoms with van der Waals surface area (Å²) in [7, 11) is 3.33. The molecule has 0 spiro atoms. The highest BCUT2D eigenvalue weighted by atomic mass is 32.2. The number of hydrogen-bond acceptors (Lipinski definition) is 9. The van der Waals surface area contributed by atoms with E-state index in [0.717, 1.165) is 12.8 Å². The lowest BCUT2D eigenvalue weighted by atomic mass is 10.3. The molecule has 0 saturated carbocycles. The van der Waals surface area contributed by atoms with Crippen LogP contribution in [0.5, 0.6) is 11.5 Å². The third kappa shape index (κ3) is 4.64. The van der Waals surface area contributed by atoms with E-state index >= 15 is 0 Å². The first-order chi connectivity index (χ1) is 16.4. The molecule has 0 bridgehead atoms. The Balaban J connectivity index is 1.50. The molecule has 12 nitrogen and oxygen atoms in total. The topological polar surface area (TPSA) is 148 Å². The van der Waals surface area contributed by atoms with Gasteiger partial charge in [-0.1, -0.05) is 31.2 Å². The van der Waals surface area contributed by atoms with Crippen LogP contribution >= 0.6 is 11.8 Å². The number of rotatable bonds is 10. The summed E-state index contributed by atoms with van der Waals surface area (Å²) in [5.41, 5.74) is -0.182. The number of nitrogen functional groups attached to an aromatic ring is 1. The molecule has 180 valence electrons. The first-order valence-corrected chi connectivity index (χ1v) is 11.7. The number of aromatic amines is 1. The van der Waals surface area contributed by atoms with E-state index in [2.05, 4.69) is 20.2 Å². The third-order valence-electron chi connectivity index (χ3n) is 5.32. The maximum atomic E-state index is 12.4. The summed E-state index contributed by atoms with van der Waals surface area (Å²) in [6, 6.07) is 7.22. The zero-order valence-corrected chi connectivity index (χ0v) is 20.0. The van der Waals surface area contributed by atoms with E-state index < -0.39 is 11.2 Å². The van der Waals surface area contributed by atoms with Crippen molar-refractivity contribution in [3.63, 3.8) is 0 Å². The van der Waals surface area contributed by atoms with Crippen LogP contribution in [0.4, 0.5) is 0 Å². The molecule has 3 heterocycles. The van der Waals surface area contributed by atoms with Gasteiger partial charge in [0.05, 0.1) is 12.9 Å². The van der Waals surface area contributed by atoms with Crippen LogP contribution in [0.3, 0.4) is 0 Å². The van der Waals surface area contributed by atoms with E-state index in [9.17, 15) is 9.59 Å². The van der Waals surface area contributed by atoms with E-state index in [4.69, 9.17) is 15.3 Å². The molecule has 4 aromatic rings. The van der Waals surface area contributed by atoms with Crippen molar-refractivity contribution in [1.29, 1.82) is 0 Å². The number of unbranched alkanes of at least 4 members (excludes halogenated alkanes) is 1. The molecule has 0 aliphatic rings. The van der Waals surface area contributed by atoms with Crippen LogP contribution in [-0.2, 0) is 26.0 Å². The monoisotopic (exact) mass is 486 g/mol. The Kier molecular flexibility index (Phi) is 6.91. The van der Waals surface area contributed by atoms with E-state index in [1.807, 2.05) is 25.1 Å². The molecule has 0 amide bonds. The van der Waals surface area contributed by atoms with Gasteiger partial charge in [-0.05, 0) is 18.6 Å². The SMILES string of the molecule is CCCCn1c(=O)[nH]c(=O)c2c1nc(CSc1nnc(COc3cccc(OC)c3)n1N)n2C. The lowest BCUT2D eigenvalue weighted by Crippen LogP contribution is -2.31. The van der Waals surface area contributed by atoms with Crippen molar-refractivity contribution in [3.05, 3.63) is 56.8 Å². The summed E-state index contributed by atoms with van der Waals surface area (Å²) in [4.78, 5) is 31.7. The van der Waals surface area contributed by atoms with Crippen molar-refractivity contribution >= 4 is 22.9 Å². The molecule has 34 heavy (non-hydrogen) atoms. The average molecular weight is 487 g/mol. The van der Waals surface area contributed by atoms with Crippen LogP contribution in [-0.4, -0.2) is 41.1 Å². The number of fused-ring (bicyclic) bond motifs is 1. The largest absolute Gasteiger partial charge is 0.497 e. The fraction of sp³-hybridized carbons (Fsp3) is 0.381. The van der Waals surface area contributed by atoms with Gasteiger partial charge in [-0.25, -0.2) is 14.5 Å². The molecule has 0 radical (unpaired) electrons. The Morgan fingerprint density at radius 1 is 1.18 bits per heavy atom. The Labute approximate surface area is 198 Å². The van der Waals surface area contributed by atoms with Crippen molar-refractivity contribution in [2.45, 2.75) is 43.8 Å². The van der Waals surface area contributed by atoms with Crippen LogP contribution < -0.4 is 26.6 Å². The fourth-order valence-corrected chi connectivity index (χ4v) is 4.28. The minimum Gasteiger partial charge on any atom is -0.497 e. The molecule has 3 aromatic heterocycles. The summed E-state index contributed by atoms with van der Waals surface area (Å²) in [5, 5.41) is 8.71. The smallest absolute Gasteiger partial charge is 0.330 e. The molecule has 3 N–H and O–H groups in total. The highest BCUT2D eigenvalue weighted by Gasteiger charge is 2.18. The van der Waals surface area contributed by atoms with Crippen molar-refractivity contribution in [2.75, 3.05) is 13.0 Å². The second-order valence-corrected chi connectivity index (χ2v) is 8.49. The molecule has 0 unspecified atom stereocenters. The van der Waals surface area contributed by atoms with Crippen LogP contribution in [0.25, 0.3) is 11.2 Å². The lowest BCUT2D eigenvalue weighted by Gasteiger charge is -2.07. The maximum absolute atomic E-state index is 12.4. The molecule has 13 heteroatoms. The van der Waals surface area contributed by atoms with Gasteiger partial charge in [-0.15, -0.1) is 10.2 Å². The van der Waals surface area contributed by atoms with Crippen molar-refractivity contribution in [3.8, 4) is 11.5 Å². The number of aryl methyl sites for hydroxylation is 2. The standard InChI is InChI=1S/C21H26N8O4S/c1-4-5-9-28-18-17(19(30)24-20(28)31)27(2)16(23-18)12-34-21-26-25-15(29(21)22)11-33-14-8-6-7-13(10-14)32-3/h6-8,10H,4-5,9,11-12,22H2,1-3H3,(H,24,30,31). The van der Waals surface area contributed by atoms with Gasteiger partial charge >= 0.3 is 5.69 Å². The number of nitrogens with zero attached hydrogens (tertiary/aromatic N) is 6. The molecule has 4 rings (SSSR count). The maximum Gasteiger partial charge on any atom is 0.330 e. The highest BCUT2D eigenvalue weighted by molar-refractivity contribution is 7.98. The van der Waals surface area contributed by atoms with Gasteiger partial charge in [0.2, 0.25) is 5.16 Å². The van der Waals surface area contributed by atoms with Crippen molar-refractivity contribution < 1.29 is 9.47 Å². The summed E-state index contributed by atoms with van der Waals surface area (Å²) in [6.07, 6.45) is 1.72. The first-order valence-electron chi connectivity index (χ1n) is 10.7. The number of hydrogen-bond donors (Lipinski definition) is 2. The number of ether oxygens (including phenoxy) is 2. The van der Waals surface area contributed by atoms with Crippen LogP contribution in [0.2, 0.25) is 0 Å². The van der Waals surface area contributed by atoms with Gasteiger partial charge in [-0.3, -0.25) is 14.3 Å². The Morgan fingerprint density at radius 2 is 1.97 bits per heavy atom. The summed E-state index contributed by atoms with van der Waals surface area (Å²) in [5.74, 6) is 8.90. The molecule has 1 aromatic carbocycles. The second kappa shape index (κ2) is 10.0. The number of nitrogens with two attached hydrogens (primary N) is 1. The molecule has 0 aliphatic heterocycles. The zero-order chi connectivity index (χ0) is 24.2. The van der Waals surface area contributed by atoms with Crippen LogP contribution in [0, 0.1) is 0 Å². The summed E-state index contributed by atoms with van der Waals surface area (Å²) >= 11 is 1.32. The highest BCUT2D eigenvalue weighted by Crippen LogP contribution is 2.23. The first kappa shape index (κ1) is 23.4. The number of imidazole rings is 1. The van der Waals surface area contributed by atoms with Crippen LogP contribution in [0.1, 0.15) is 31.4 Å². The van der Waals surface area contributed by atoms with Crippen molar-refractivity contribution in [2.24, 2.45) is 7.05 Å². The molecule has 0 fully saturated rings. The quantitative estimate of drug-likeness (QED) is 0.251. The van der Waals surface area contributed by atoms with Gasteiger partial charge in [0.25, 0.3) is 5.56 Å². The Morgan fingerprint density at radius 3 is 2.74 bits per heavy atom. The van der Waals surface area contributed by atoms with Gasteiger partial charge < -0.3 is 19.9 Å². The molecular formula is C21H26N8O4S. The third-order valence-corrected chi connectivity index (χ3v) is 6.25. The predicted octanol–water partition coefficient (Wildman–Crippen LogP) is 1.41. The normalized spacial score (nSPS) is 11.3.